The minimum Gasteiger partial charge on any atom is -0.507 e. The number of hydrogen-bond donors (Lipinski definition) is 1. The van der Waals surface area contributed by atoms with Gasteiger partial charge < -0.3 is 5.11 Å². The van der Waals surface area contributed by atoms with Gasteiger partial charge in [0, 0.05) is 22.9 Å². The van der Waals surface area contributed by atoms with Crippen molar-refractivity contribution in [2.24, 2.45) is 0 Å². The summed E-state index contributed by atoms with van der Waals surface area (Å²) >= 11 is 0. The van der Waals surface area contributed by atoms with Crippen LogP contribution in [0.15, 0.2) is 152 Å². The fraction of sp³-hybridized carbons (Fsp3) is 0.160. The lowest BCUT2D eigenvalue weighted by molar-refractivity contribution is 0.474. The van der Waals surface area contributed by atoms with Crippen LogP contribution in [0.2, 0.25) is 0 Å². The molecule has 1 aliphatic carbocycles. The van der Waals surface area contributed by atoms with E-state index in [-0.39, 0.29) is 11.2 Å². The van der Waals surface area contributed by atoms with Crippen molar-refractivity contribution in [1.29, 1.82) is 0 Å². The van der Waals surface area contributed by atoms with Gasteiger partial charge in [-0.15, -0.1) is 0 Å². The average molecular weight is 702 g/mol. The Morgan fingerprint density at radius 3 is 1.96 bits per heavy atom. The number of benzene rings is 6. The predicted octanol–water partition coefficient (Wildman–Crippen LogP) is 12.6. The molecule has 2 heterocycles. The Labute approximate surface area is 317 Å². The van der Waals surface area contributed by atoms with Crippen LogP contribution in [0.25, 0.3) is 72.7 Å². The van der Waals surface area contributed by atoms with Crippen LogP contribution in [0.1, 0.15) is 50.3 Å². The van der Waals surface area contributed by atoms with Gasteiger partial charge in [0.15, 0.2) is 0 Å². The summed E-state index contributed by atoms with van der Waals surface area (Å²) < 4.78 is 2.28. The number of phenolic OH excluding ortho intramolecular Hbond substituents is 1. The SMILES string of the molecule is CC(C)(C)c1ccc(-n2c(-c3cc4c(cc3O)CCCC4)nc3c(-c4cc(-c5ccccc5)cc(-c5ccccn5)c4)cccc32)c(-c2ccccc2)c1. The van der Waals surface area contributed by atoms with Crippen LogP contribution in [0.4, 0.5) is 0 Å². The molecule has 1 aliphatic rings. The van der Waals surface area contributed by atoms with Gasteiger partial charge in [0.05, 0.1) is 28.0 Å². The van der Waals surface area contributed by atoms with Gasteiger partial charge in [-0.2, -0.15) is 0 Å². The lowest BCUT2D eigenvalue weighted by Crippen LogP contribution is -2.12. The number of nitrogens with zero attached hydrogens (tertiary/aromatic N) is 3. The van der Waals surface area contributed by atoms with E-state index in [4.69, 9.17) is 9.97 Å². The molecule has 1 N–H and O–H groups in total. The van der Waals surface area contributed by atoms with Gasteiger partial charge in [-0.05, 0) is 131 Å². The Bertz CT molecular complexity index is 2580. The van der Waals surface area contributed by atoms with Gasteiger partial charge >= 0.3 is 0 Å². The Hall–Kier alpha value is -6.26. The zero-order valence-corrected chi connectivity index (χ0v) is 31.1. The van der Waals surface area contributed by atoms with Crippen LogP contribution in [0.5, 0.6) is 5.75 Å². The lowest BCUT2D eigenvalue weighted by Gasteiger charge is -2.23. The number of pyridine rings is 1. The molecule has 0 radical (unpaired) electrons. The fourth-order valence-corrected chi connectivity index (χ4v) is 8.02. The van der Waals surface area contributed by atoms with Crippen molar-refractivity contribution in [3.05, 3.63) is 168 Å². The number of aryl methyl sites for hydroxylation is 2. The molecule has 8 aromatic rings. The Balaban J connectivity index is 1.35. The van der Waals surface area contributed by atoms with Crippen molar-refractivity contribution >= 4 is 11.0 Å². The quantitative estimate of drug-likeness (QED) is 0.188. The van der Waals surface area contributed by atoms with Crippen LogP contribution in [-0.2, 0) is 18.3 Å². The third kappa shape index (κ3) is 6.18. The lowest BCUT2D eigenvalue weighted by atomic mass is 9.85. The second kappa shape index (κ2) is 13.6. The smallest absolute Gasteiger partial charge is 0.149 e. The van der Waals surface area contributed by atoms with E-state index in [2.05, 4.69) is 153 Å². The summed E-state index contributed by atoms with van der Waals surface area (Å²) in [5, 5.41) is 11.8. The molecule has 0 atom stereocenters. The molecule has 9 rings (SSSR count). The molecule has 264 valence electrons. The fourth-order valence-electron chi connectivity index (χ4n) is 8.02. The van der Waals surface area contributed by atoms with Gasteiger partial charge in [0.1, 0.15) is 11.6 Å². The molecule has 2 aromatic heterocycles. The largest absolute Gasteiger partial charge is 0.507 e. The van der Waals surface area contributed by atoms with Crippen LogP contribution < -0.4 is 0 Å². The molecule has 54 heavy (non-hydrogen) atoms. The number of aromatic hydroxyl groups is 1. The van der Waals surface area contributed by atoms with Gasteiger partial charge in [-0.3, -0.25) is 9.55 Å². The molecule has 0 bridgehead atoms. The minimum atomic E-state index is -0.0408. The van der Waals surface area contributed by atoms with Gasteiger partial charge in [-0.1, -0.05) is 106 Å². The summed E-state index contributed by atoms with van der Waals surface area (Å²) in [5.41, 5.74) is 15.9. The number of fused-ring (bicyclic) bond motifs is 2. The van der Waals surface area contributed by atoms with Crippen molar-refractivity contribution in [2.75, 3.05) is 0 Å². The van der Waals surface area contributed by atoms with Crippen LogP contribution >= 0.6 is 0 Å². The van der Waals surface area contributed by atoms with E-state index >= 15 is 0 Å². The summed E-state index contributed by atoms with van der Waals surface area (Å²) in [6.07, 6.45) is 6.15. The van der Waals surface area contributed by atoms with Crippen molar-refractivity contribution in [3.8, 4) is 67.5 Å². The molecule has 4 nitrogen and oxygen atoms in total. The second-order valence-corrected chi connectivity index (χ2v) is 15.5. The molecule has 0 unspecified atom stereocenters. The highest BCUT2D eigenvalue weighted by atomic mass is 16.3. The molecular weight excluding hydrogens is 659 g/mol. The topological polar surface area (TPSA) is 50.9 Å². The van der Waals surface area contributed by atoms with Crippen molar-refractivity contribution in [3.63, 3.8) is 0 Å². The summed E-state index contributed by atoms with van der Waals surface area (Å²) in [4.78, 5) is 10.3. The van der Waals surface area contributed by atoms with E-state index in [1.165, 1.54) is 16.7 Å². The highest BCUT2D eigenvalue weighted by Crippen LogP contribution is 2.43. The van der Waals surface area contributed by atoms with Gasteiger partial charge in [0.2, 0.25) is 0 Å². The molecule has 0 saturated carbocycles. The molecule has 0 spiro atoms. The molecule has 0 aliphatic heterocycles. The molecule has 6 aromatic carbocycles. The third-order valence-corrected chi connectivity index (χ3v) is 10.9. The number of imidazole rings is 1. The van der Waals surface area contributed by atoms with E-state index in [1.54, 1.807) is 0 Å². The van der Waals surface area contributed by atoms with Crippen LogP contribution in [-0.4, -0.2) is 19.6 Å². The van der Waals surface area contributed by atoms with Crippen LogP contribution in [0.3, 0.4) is 0 Å². The first kappa shape index (κ1) is 33.6. The second-order valence-electron chi connectivity index (χ2n) is 15.5. The molecule has 0 amide bonds. The first-order valence-corrected chi connectivity index (χ1v) is 19.0. The predicted molar refractivity (Wildman–Crippen MR) is 223 cm³/mol. The molecule has 4 heteroatoms. The zero-order chi connectivity index (χ0) is 36.8. The number of rotatable bonds is 6. The van der Waals surface area contributed by atoms with E-state index in [0.717, 1.165) is 98.4 Å². The van der Waals surface area contributed by atoms with Crippen molar-refractivity contribution in [2.45, 2.75) is 51.9 Å². The van der Waals surface area contributed by atoms with E-state index in [1.807, 2.05) is 24.4 Å². The summed E-state index contributed by atoms with van der Waals surface area (Å²) in [7, 11) is 0. The maximum absolute atomic E-state index is 11.8. The van der Waals surface area contributed by atoms with Crippen LogP contribution in [0, 0.1) is 0 Å². The standard InChI is InChI=1S/C50H43N3O/c1-50(2,3)40-24-25-45(42(32-40)34-17-8-5-9-18-34)53-46-23-14-21-41(48(46)52-49(53)43-30-35-19-10-11-20-36(35)31-47(43)54)38-27-37(33-15-6-4-7-16-33)28-39(29-38)44-22-12-13-26-51-44/h4-9,12-18,21-32,54H,10-11,19-20H2,1-3H3. The van der Waals surface area contributed by atoms with Crippen molar-refractivity contribution < 1.29 is 5.11 Å². The molecular formula is C50H43N3O. The summed E-state index contributed by atoms with van der Waals surface area (Å²) in [5.74, 6) is 0.998. The summed E-state index contributed by atoms with van der Waals surface area (Å²) in [6.45, 7) is 6.78. The normalized spacial score (nSPS) is 12.9. The van der Waals surface area contributed by atoms with Gasteiger partial charge in [0.25, 0.3) is 0 Å². The maximum Gasteiger partial charge on any atom is 0.149 e. The summed E-state index contributed by atoms with van der Waals surface area (Å²) in [6, 6.07) is 51.4. The monoisotopic (exact) mass is 701 g/mol. The third-order valence-electron chi connectivity index (χ3n) is 10.9. The van der Waals surface area contributed by atoms with E-state index in [0.29, 0.717) is 0 Å². The Morgan fingerprint density at radius 2 is 1.24 bits per heavy atom. The average Bonchev–Trinajstić information content (AvgIpc) is 3.60. The van der Waals surface area contributed by atoms with Gasteiger partial charge in [-0.25, -0.2) is 4.98 Å². The molecule has 0 fully saturated rings. The van der Waals surface area contributed by atoms with E-state index in [9.17, 15) is 5.11 Å². The highest BCUT2D eigenvalue weighted by Gasteiger charge is 2.25. The highest BCUT2D eigenvalue weighted by molar-refractivity contribution is 5.98. The van der Waals surface area contributed by atoms with E-state index < -0.39 is 0 Å². The van der Waals surface area contributed by atoms with Crippen molar-refractivity contribution in [1.82, 2.24) is 14.5 Å². The Morgan fingerprint density at radius 1 is 0.556 bits per heavy atom. The number of phenols is 1. The minimum absolute atomic E-state index is 0.0408. The maximum atomic E-state index is 11.8. The first-order chi connectivity index (χ1) is 26.3. The number of aromatic nitrogens is 3. The zero-order valence-electron chi connectivity index (χ0n) is 31.1. The Kier molecular flexibility index (Phi) is 8.47. The first-order valence-electron chi connectivity index (χ1n) is 19.0. The number of hydrogen-bond acceptors (Lipinski definition) is 3. The molecule has 0 saturated heterocycles. The number of para-hydroxylation sites is 1.